The van der Waals surface area contributed by atoms with Crippen molar-refractivity contribution in [2.75, 3.05) is 11.5 Å². The molecule has 0 bridgehead atoms. The van der Waals surface area contributed by atoms with Crippen molar-refractivity contribution in [2.24, 2.45) is 5.84 Å². The summed E-state index contributed by atoms with van der Waals surface area (Å²) in [6, 6.07) is 0. The van der Waals surface area contributed by atoms with E-state index in [1.54, 1.807) is 0 Å². The second kappa shape index (κ2) is 9.79. The summed E-state index contributed by atoms with van der Waals surface area (Å²) in [4.78, 5) is 48.0. The SMILES string of the molecule is C=CCn1c(=O)n(CC=C)c(=O)n(CC(O)CS(=O)CC(=O)NN)c1=O. The molecule has 0 aliphatic carbocycles. The molecule has 26 heavy (non-hydrogen) atoms. The standard InChI is InChI=1S/C14H21N5O6S/c1-3-5-17-12(22)18(6-4-2)14(24)19(13(17)23)7-10(20)8-26(25)9-11(21)16-15/h3-4,10,20H,1-2,5-9,15H2,(H,16,21). The molecule has 11 nitrogen and oxygen atoms in total. The Morgan fingerprint density at radius 2 is 1.58 bits per heavy atom. The summed E-state index contributed by atoms with van der Waals surface area (Å²) in [5.41, 5.74) is -0.870. The number of rotatable bonds is 10. The molecule has 0 fully saturated rings. The average Bonchev–Trinajstić information content (AvgIpc) is 2.59. The molecule has 0 aromatic carbocycles. The normalized spacial score (nSPS) is 13.0. The number of aromatic nitrogens is 3. The van der Waals surface area contributed by atoms with Gasteiger partial charge in [-0.1, -0.05) is 12.2 Å². The molecule has 0 spiro atoms. The van der Waals surface area contributed by atoms with E-state index in [1.807, 2.05) is 5.43 Å². The minimum atomic E-state index is -1.76. The zero-order valence-corrected chi connectivity index (χ0v) is 14.8. The Labute approximate surface area is 150 Å². The summed E-state index contributed by atoms with van der Waals surface area (Å²) < 4.78 is 14.0. The number of nitrogens with two attached hydrogens (primary N) is 1. The van der Waals surface area contributed by atoms with Crippen LogP contribution >= 0.6 is 0 Å². The molecule has 1 rings (SSSR count). The molecule has 12 heteroatoms. The highest BCUT2D eigenvalue weighted by atomic mass is 32.2. The minimum Gasteiger partial charge on any atom is -0.390 e. The van der Waals surface area contributed by atoms with Gasteiger partial charge in [0, 0.05) is 10.8 Å². The van der Waals surface area contributed by atoms with Gasteiger partial charge in [0.2, 0.25) is 5.91 Å². The number of allylic oxidation sites excluding steroid dienone is 2. The first-order valence-corrected chi connectivity index (χ1v) is 8.94. The Hall–Kier alpha value is -2.57. The van der Waals surface area contributed by atoms with E-state index >= 15 is 0 Å². The summed E-state index contributed by atoms with van der Waals surface area (Å²) >= 11 is 0. The molecule has 0 aliphatic heterocycles. The fourth-order valence-corrected chi connectivity index (χ4v) is 3.16. The lowest BCUT2D eigenvalue weighted by atomic mass is 10.4. The lowest BCUT2D eigenvalue weighted by molar-refractivity contribution is -0.118. The van der Waals surface area contributed by atoms with E-state index in [9.17, 15) is 28.5 Å². The molecule has 0 saturated heterocycles. The molecular formula is C14H21N5O6S. The highest BCUT2D eigenvalue weighted by Gasteiger charge is 2.19. The number of aliphatic hydroxyl groups is 1. The van der Waals surface area contributed by atoms with E-state index in [0.717, 1.165) is 9.13 Å². The number of amides is 1. The van der Waals surface area contributed by atoms with Crippen LogP contribution in [0.5, 0.6) is 0 Å². The monoisotopic (exact) mass is 387 g/mol. The van der Waals surface area contributed by atoms with Gasteiger partial charge in [-0.25, -0.2) is 33.9 Å². The van der Waals surface area contributed by atoms with Crippen molar-refractivity contribution in [1.29, 1.82) is 0 Å². The molecular weight excluding hydrogens is 366 g/mol. The summed E-state index contributed by atoms with van der Waals surface area (Å²) in [5.74, 6) is 3.41. The summed E-state index contributed by atoms with van der Waals surface area (Å²) in [5, 5.41) is 10.0. The fourth-order valence-electron chi connectivity index (χ4n) is 2.13. The summed E-state index contributed by atoms with van der Waals surface area (Å²) in [6.45, 7) is 6.14. The van der Waals surface area contributed by atoms with Crippen LogP contribution in [0.4, 0.5) is 0 Å². The van der Waals surface area contributed by atoms with Crippen LogP contribution in [-0.2, 0) is 35.2 Å². The third-order valence-corrected chi connectivity index (χ3v) is 4.57. The first-order chi connectivity index (χ1) is 12.3. The third-order valence-electron chi connectivity index (χ3n) is 3.23. The van der Waals surface area contributed by atoms with Gasteiger partial charge < -0.3 is 5.11 Å². The predicted molar refractivity (Wildman–Crippen MR) is 95.8 cm³/mol. The van der Waals surface area contributed by atoms with Crippen molar-refractivity contribution >= 4 is 16.7 Å². The van der Waals surface area contributed by atoms with Gasteiger partial charge in [-0.2, -0.15) is 0 Å². The fraction of sp³-hybridized carbons (Fsp3) is 0.429. The number of aliphatic hydroxyl groups excluding tert-OH is 1. The smallest absolute Gasteiger partial charge is 0.336 e. The van der Waals surface area contributed by atoms with Gasteiger partial charge in [0.25, 0.3) is 0 Å². The molecule has 1 aromatic rings. The third kappa shape index (κ3) is 5.21. The van der Waals surface area contributed by atoms with Gasteiger partial charge in [0.05, 0.1) is 31.5 Å². The largest absolute Gasteiger partial charge is 0.390 e. The first kappa shape index (κ1) is 21.5. The van der Waals surface area contributed by atoms with Gasteiger partial charge in [-0.05, 0) is 0 Å². The molecule has 2 unspecified atom stereocenters. The van der Waals surface area contributed by atoms with Crippen LogP contribution < -0.4 is 28.3 Å². The molecule has 2 atom stereocenters. The molecule has 144 valence electrons. The Balaban J connectivity index is 3.21. The minimum absolute atomic E-state index is 0.131. The Bertz CT molecular complexity index is 835. The summed E-state index contributed by atoms with van der Waals surface area (Å²) in [7, 11) is -1.76. The number of hydrogen-bond donors (Lipinski definition) is 3. The number of nitrogens with one attached hydrogen (secondary N) is 1. The lowest BCUT2D eigenvalue weighted by Gasteiger charge is -2.15. The van der Waals surface area contributed by atoms with Crippen LogP contribution in [0.15, 0.2) is 39.7 Å². The topological polar surface area (TPSA) is 158 Å². The van der Waals surface area contributed by atoms with Crippen molar-refractivity contribution in [3.63, 3.8) is 0 Å². The van der Waals surface area contributed by atoms with Gasteiger partial charge in [-0.3, -0.25) is 14.4 Å². The molecule has 0 aliphatic rings. The molecule has 4 N–H and O–H groups in total. The lowest BCUT2D eigenvalue weighted by Crippen LogP contribution is -2.55. The average molecular weight is 387 g/mol. The number of hydrazine groups is 1. The van der Waals surface area contributed by atoms with E-state index in [1.165, 1.54) is 12.2 Å². The second-order valence-electron chi connectivity index (χ2n) is 5.23. The molecule has 0 saturated carbocycles. The van der Waals surface area contributed by atoms with Crippen LogP contribution in [0.2, 0.25) is 0 Å². The molecule has 1 heterocycles. The van der Waals surface area contributed by atoms with Crippen molar-refractivity contribution in [1.82, 2.24) is 19.1 Å². The van der Waals surface area contributed by atoms with Crippen LogP contribution in [-0.4, -0.2) is 46.5 Å². The number of carbonyl (C=O) groups is 1. The highest BCUT2D eigenvalue weighted by Crippen LogP contribution is 1.93. The molecule has 1 aromatic heterocycles. The maximum atomic E-state index is 12.4. The maximum absolute atomic E-state index is 12.4. The Morgan fingerprint density at radius 3 is 2.00 bits per heavy atom. The Morgan fingerprint density at radius 1 is 1.12 bits per heavy atom. The van der Waals surface area contributed by atoms with Gasteiger partial charge >= 0.3 is 17.1 Å². The van der Waals surface area contributed by atoms with E-state index in [-0.39, 0.29) is 18.8 Å². The highest BCUT2D eigenvalue weighted by molar-refractivity contribution is 7.85. The molecule has 1 amide bonds. The quantitative estimate of drug-likeness (QED) is 0.164. The summed E-state index contributed by atoms with van der Waals surface area (Å²) in [6.07, 6.45) is 1.26. The zero-order chi connectivity index (χ0) is 19.9. The van der Waals surface area contributed by atoms with Crippen LogP contribution in [0.3, 0.4) is 0 Å². The van der Waals surface area contributed by atoms with E-state index < -0.39 is 52.2 Å². The van der Waals surface area contributed by atoms with E-state index in [4.69, 9.17) is 5.84 Å². The van der Waals surface area contributed by atoms with Gasteiger partial charge in [0.15, 0.2) is 0 Å². The Kier molecular flexibility index (Phi) is 8.09. The van der Waals surface area contributed by atoms with Gasteiger partial charge in [-0.15, -0.1) is 13.2 Å². The maximum Gasteiger partial charge on any atom is 0.336 e. The van der Waals surface area contributed by atoms with Crippen molar-refractivity contribution < 1.29 is 14.1 Å². The predicted octanol–water partition coefficient (Wildman–Crippen LogP) is -3.36. The number of nitrogens with zero attached hydrogens (tertiary/aromatic N) is 3. The second-order valence-corrected chi connectivity index (χ2v) is 6.73. The number of hydrogen-bond acceptors (Lipinski definition) is 7. The molecule has 0 radical (unpaired) electrons. The van der Waals surface area contributed by atoms with Crippen LogP contribution in [0, 0.1) is 0 Å². The van der Waals surface area contributed by atoms with Crippen molar-refractivity contribution in [3.8, 4) is 0 Å². The van der Waals surface area contributed by atoms with E-state index in [2.05, 4.69) is 13.2 Å². The van der Waals surface area contributed by atoms with Crippen molar-refractivity contribution in [2.45, 2.75) is 25.7 Å². The first-order valence-electron chi connectivity index (χ1n) is 7.45. The zero-order valence-electron chi connectivity index (χ0n) is 14.0. The van der Waals surface area contributed by atoms with Crippen LogP contribution in [0.25, 0.3) is 0 Å². The van der Waals surface area contributed by atoms with Gasteiger partial charge in [0.1, 0.15) is 5.75 Å². The number of carbonyl (C=O) groups excluding carboxylic acids is 1. The van der Waals surface area contributed by atoms with Crippen molar-refractivity contribution in [3.05, 3.63) is 56.8 Å². The van der Waals surface area contributed by atoms with Crippen LogP contribution in [0.1, 0.15) is 0 Å². The van der Waals surface area contributed by atoms with E-state index in [0.29, 0.717) is 4.57 Å².